The van der Waals surface area contributed by atoms with Crippen LogP contribution in [0.5, 0.6) is 0 Å². The number of benzene rings is 1. The molecule has 2 rings (SSSR count). The fraction of sp³-hybridized carbons (Fsp3) is 0.533. The highest BCUT2D eigenvalue weighted by Crippen LogP contribution is 2.25. The average Bonchev–Trinajstić information content (AvgIpc) is 2.85. The van der Waals surface area contributed by atoms with E-state index in [9.17, 15) is 0 Å². The molecular weight excluding hydrogens is 238 g/mol. The fourth-order valence-corrected chi connectivity index (χ4v) is 2.09. The second kappa shape index (κ2) is 5.72. The van der Waals surface area contributed by atoms with Crippen LogP contribution in [0, 0.1) is 5.92 Å². The van der Waals surface area contributed by atoms with Crippen LogP contribution in [0.4, 0.5) is 0 Å². The molecule has 1 atom stereocenters. The third-order valence-corrected chi connectivity index (χ3v) is 3.57. The Morgan fingerprint density at radius 2 is 2.21 bits per heavy atom. The van der Waals surface area contributed by atoms with E-state index in [0.717, 1.165) is 30.7 Å². The predicted octanol–water partition coefficient (Wildman–Crippen LogP) is 2.29. The van der Waals surface area contributed by atoms with Crippen molar-refractivity contribution in [3.05, 3.63) is 30.2 Å². The SMILES string of the molecule is CC(CN)CNCC(C)(C)c1ccc2ncoc2c1. The van der Waals surface area contributed by atoms with Gasteiger partial charge >= 0.3 is 0 Å². The summed E-state index contributed by atoms with van der Waals surface area (Å²) in [7, 11) is 0. The summed E-state index contributed by atoms with van der Waals surface area (Å²) >= 11 is 0. The van der Waals surface area contributed by atoms with Crippen LogP contribution in [0.3, 0.4) is 0 Å². The molecular formula is C15H23N3O. The molecule has 4 heteroatoms. The van der Waals surface area contributed by atoms with Gasteiger partial charge in [-0.3, -0.25) is 0 Å². The van der Waals surface area contributed by atoms with Gasteiger partial charge in [0.2, 0.25) is 0 Å². The number of nitrogens with zero attached hydrogens (tertiary/aromatic N) is 1. The van der Waals surface area contributed by atoms with Crippen molar-refractivity contribution in [2.24, 2.45) is 11.7 Å². The van der Waals surface area contributed by atoms with Crippen LogP contribution >= 0.6 is 0 Å². The zero-order chi connectivity index (χ0) is 13.9. The number of rotatable bonds is 6. The van der Waals surface area contributed by atoms with Gasteiger partial charge in [0.05, 0.1) is 0 Å². The van der Waals surface area contributed by atoms with Crippen LogP contribution in [-0.2, 0) is 5.41 Å². The van der Waals surface area contributed by atoms with Gasteiger partial charge in [0.1, 0.15) is 5.52 Å². The Bertz CT molecular complexity index is 533. The van der Waals surface area contributed by atoms with Crippen molar-refractivity contribution in [2.45, 2.75) is 26.2 Å². The van der Waals surface area contributed by atoms with Crippen molar-refractivity contribution in [1.82, 2.24) is 10.3 Å². The molecule has 2 aromatic rings. The number of nitrogens with one attached hydrogen (secondary N) is 1. The molecule has 0 aliphatic rings. The van der Waals surface area contributed by atoms with Crippen LogP contribution < -0.4 is 11.1 Å². The Morgan fingerprint density at radius 3 is 2.95 bits per heavy atom. The van der Waals surface area contributed by atoms with Crippen LogP contribution in [0.15, 0.2) is 29.0 Å². The van der Waals surface area contributed by atoms with Gasteiger partial charge in [0.25, 0.3) is 0 Å². The number of hydrogen-bond donors (Lipinski definition) is 2. The number of hydrogen-bond acceptors (Lipinski definition) is 4. The lowest BCUT2D eigenvalue weighted by Gasteiger charge is -2.26. The first kappa shape index (κ1) is 14.0. The minimum Gasteiger partial charge on any atom is -0.443 e. The molecule has 0 saturated heterocycles. The normalized spacial score (nSPS) is 13.9. The van der Waals surface area contributed by atoms with Crippen LogP contribution in [0.1, 0.15) is 26.3 Å². The van der Waals surface area contributed by atoms with E-state index in [1.807, 2.05) is 6.07 Å². The quantitative estimate of drug-likeness (QED) is 0.837. The van der Waals surface area contributed by atoms with Gasteiger partial charge in [0.15, 0.2) is 12.0 Å². The topological polar surface area (TPSA) is 64.1 Å². The zero-order valence-corrected chi connectivity index (χ0v) is 11.9. The van der Waals surface area contributed by atoms with E-state index in [-0.39, 0.29) is 5.41 Å². The molecule has 0 fully saturated rings. The molecule has 0 aliphatic heterocycles. The third-order valence-electron chi connectivity index (χ3n) is 3.57. The highest BCUT2D eigenvalue weighted by atomic mass is 16.3. The first-order valence-electron chi connectivity index (χ1n) is 6.77. The molecule has 1 unspecified atom stereocenters. The highest BCUT2D eigenvalue weighted by Gasteiger charge is 2.21. The fourth-order valence-electron chi connectivity index (χ4n) is 2.09. The number of oxazole rings is 1. The predicted molar refractivity (Wildman–Crippen MR) is 78.1 cm³/mol. The Morgan fingerprint density at radius 1 is 1.42 bits per heavy atom. The zero-order valence-electron chi connectivity index (χ0n) is 11.9. The van der Waals surface area contributed by atoms with E-state index in [1.54, 1.807) is 0 Å². The van der Waals surface area contributed by atoms with Crippen molar-refractivity contribution >= 4 is 11.1 Å². The van der Waals surface area contributed by atoms with Gasteiger partial charge in [-0.1, -0.05) is 26.8 Å². The Hall–Kier alpha value is -1.39. The van der Waals surface area contributed by atoms with Gasteiger partial charge in [-0.2, -0.15) is 0 Å². The molecule has 0 aliphatic carbocycles. The van der Waals surface area contributed by atoms with Gasteiger partial charge < -0.3 is 15.5 Å². The van der Waals surface area contributed by atoms with Crippen molar-refractivity contribution in [3.8, 4) is 0 Å². The first-order valence-corrected chi connectivity index (χ1v) is 6.77. The maximum absolute atomic E-state index is 5.62. The van der Waals surface area contributed by atoms with E-state index < -0.39 is 0 Å². The summed E-state index contributed by atoms with van der Waals surface area (Å²) in [6, 6.07) is 6.22. The molecule has 0 radical (unpaired) electrons. The summed E-state index contributed by atoms with van der Waals surface area (Å²) in [5.41, 5.74) is 8.68. The van der Waals surface area contributed by atoms with Crippen LogP contribution in [-0.4, -0.2) is 24.6 Å². The number of aromatic nitrogens is 1. The van der Waals surface area contributed by atoms with E-state index in [0.29, 0.717) is 5.92 Å². The minimum absolute atomic E-state index is 0.0509. The lowest BCUT2D eigenvalue weighted by Crippen LogP contribution is -2.36. The highest BCUT2D eigenvalue weighted by molar-refractivity contribution is 5.73. The molecule has 1 heterocycles. The van der Waals surface area contributed by atoms with Crippen molar-refractivity contribution in [2.75, 3.05) is 19.6 Å². The summed E-state index contributed by atoms with van der Waals surface area (Å²) in [6.07, 6.45) is 1.49. The first-order chi connectivity index (χ1) is 9.03. The lowest BCUT2D eigenvalue weighted by molar-refractivity contribution is 0.434. The van der Waals surface area contributed by atoms with Gasteiger partial charge in [0, 0.05) is 12.0 Å². The van der Waals surface area contributed by atoms with Crippen molar-refractivity contribution in [3.63, 3.8) is 0 Å². The second-order valence-electron chi connectivity index (χ2n) is 5.89. The van der Waals surface area contributed by atoms with Gasteiger partial charge in [-0.25, -0.2) is 4.98 Å². The molecule has 0 amide bonds. The van der Waals surface area contributed by atoms with E-state index in [1.165, 1.54) is 12.0 Å². The summed E-state index contributed by atoms with van der Waals surface area (Å²) in [4.78, 5) is 4.14. The molecule has 3 N–H and O–H groups in total. The standard InChI is InChI=1S/C15H23N3O/c1-11(7-16)8-17-9-15(2,3)12-4-5-13-14(6-12)19-10-18-13/h4-6,10-11,17H,7-9,16H2,1-3H3. The Labute approximate surface area is 114 Å². The largest absolute Gasteiger partial charge is 0.443 e. The Kier molecular flexibility index (Phi) is 4.22. The average molecular weight is 261 g/mol. The van der Waals surface area contributed by atoms with E-state index in [2.05, 4.69) is 43.2 Å². The minimum atomic E-state index is 0.0509. The monoisotopic (exact) mass is 261 g/mol. The molecule has 1 aromatic carbocycles. The third kappa shape index (κ3) is 3.33. The molecule has 0 saturated carbocycles. The summed E-state index contributed by atoms with van der Waals surface area (Å²) in [5.74, 6) is 0.507. The molecule has 4 nitrogen and oxygen atoms in total. The van der Waals surface area contributed by atoms with Crippen LogP contribution in [0.2, 0.25) is 0 Å². The van der Waals surface area contributed by atoms with Gasteiger partial charge in [-0.05, 0) is 36.7 Å². The number of nitrogens with two attached hydrogens (primary N) is 1. The molecule has 0 bridgehead atoms. The number of fused-ring (bicyclic) bond motifs is 1. The second-order valence-corrected chi connectivity index (χ2v) is 5.89. The summed E-state index contributed by atoms with van der Waals surface area (Å²) < 4.78 is 5.37. The maximum Gasteiger partial charge on any atom is 0.181 e. The van der Waals surface area contributed by atoms with Crippen molar-refractivity contribution in [1.29, 1.82) is 0 Å². The summed E-state index contributed by atoms with van der Waals surface area (Å²) in [5, 5.41) is 3.49. The molecule has 0 spiro atoms. The van der Waals surface area contributed by atoms with Crippen molar-refractivity contribution < 1.29 is 4.42 Å². The smallest absolute Gasteiger partial charge is 0.181 e. The Balaban J connectivity index is 2.05. The lowest BCUT2D eigenvalue weighted by atomic mass is 9.84. The molecule has 19 heavy (non-hydrogen) atoms. The summed E-state index contributed by atoms with van der Waals surface area (Å²) in [6.45, 7) is 9.19. The maximum atomic E-state index is 5.62. The van der Waals surface area contributed by atoms with Gasteiger partial charge in [-0.15, -0.1) is 0 Å². The molecule has 1 aromatic heterocycles. The van der Waals surface area contributed by atoms with E-state index >= 15 is 0 Å². The van der Waals surface area contributed by atoms with E-state index in [4.69, 9.17) is 10.2 Å². The van der Waals surface area contributed by atoms with Crippen LogP contribution in [0.25, 0.3) is 11.1 Å². The molecule has 104 valence electrons.